The van der Waals surface area contributed by atoms with Crippen molar-refractivity contribution in [3.05, 3.63) is 59.4 Å². The van der Waals surface area contributed by atoms with Crippen LogP contribution in [0.25, 0.3) is 10.9 Å². The Balaban J connectivity index is 2.01. The van der Waals surface area contributed by atoms with Crippen LogP contribution >= 0.6 is 23.4 Å². The number of halogens is 1. The van der Waals surface area contributed by atoms with Crippen LogP contribution in [0, 0.1) is 0 Å². The number of nitrogens with two attached hydrogens (primary N) is 1. The van der Waals surface area contributed by atoms with Crippen LogP contribution in [0.5, 0.6) is 0 Å². The van der Waals surface area contributed by atoms with Crippen LogP contribution in [0.1, 0.15) is 5.56 Å². The Morgan fingerprint density at radius 3 is 2.75 bits per heavy atom. The van der Waals surface area contributed by atoms with E-state index in [1.807, 2.05) is 42.5 Å². The standard InChI is InChI=1S/C15H12ClN3S/c16-12-7-10(8-17)5-6-14(12)20-15-11-3-1-2-4-13(11)18-9-19-15/h1-7,9H,8,17H2. The minimum Gasteiger partial charge on any atom is -0.326 e. The van der Waals surface area contributed by atoms with Gasteiger partial charge in [0.05, 0.1) is 10.5 Å². The lowest BCUT2D eigenvalue weighted by Gasteiger charge is -2.07. The van der Waals surface area contributed by atoms with Crippen LogP contribution in [0.4, 0.5) is 0 Å². The Hall–Kier alpha value is -1.62. The van der Waals surface area contributed by atoms with Crippen molar-refractivity contribution in [2.24, 2.45) is 5.73 Å². The molecule has 20 heavy (non-hydrogen) atoms. The van der Waals surface area contributed by atoms with E-state index in [1.54, 1.807) is 6.33 Å². The molecule has 0 saturated carbocycles. The molecule has 1 aromatic heterocycles. The highest BCUT2D eigenvalue weighted by Crippen LogP contribution is 2.35. The zero-order valence-corrected chi connectivity index (χ0v) is 12.2. The van der Waals surface area contributed by atoms with Gasteiger partial charge in [-0.1, -0.05) is 47.6 Å². The number of para-hydroxylation sites is 1. The van der Waals surface area contributed by atoms with Gasteiger partial charge in [0.15, 0.2) is 0 Å². The second-order valence-corrected chi connectivity index (χ2v) is 5.70. The summed E-state index contributed by atoms with van der Waals surface area (Å²) < 4.78 is 0. The van der Waals surface area contributed by atoms with Gasteiger partial charge in [-0.25, -0.2) is 9.97 Å². The molecule has 100 valence electrons. The normalized spacial score (nSPS) is 10.9. The Morgan fingerprint density at radius 2 is 1.95 bits per heavy atom. The van der Waals surface area contributed by atoms with E-state index in [-0.39, 0.29) is 0 Å². The van der Waals surface area contributed by atoms with E-state index in [1.165, 1.54) is 11.8 Å². The maximum atomic E-state index is 6.29. The molecule has 5 heteroatoms. The predicted octanol–water partition coefficient (Wildman–Crippen LogP) is 3.89. The van der Waals surface area contributed by atoms with Gasteiger partial charge in [0.25, 0.3) is 0 Å². The highest BCUT2D eigenvalue weighted by atomic mass is 35.5. The lowest BCUT2D eigenvalue weighted by Crippen LogP contribution is -1.95. The number of aromatic nitrogens is 2. The monoisotopic (exact) mass is 301 g/mol. The highest BCUT2D eigenvalue weighted by Gasteiger charge is 2.08. The van der Waals surface area contributed by atoms with Gasteiger partial charge in [-0.3, -0.25) is 0 Å². The second kappa shape index (κ2) is 5.79. The first kappa shape index (κ1) is 13.4. The van der Waals surface area contributed by atoms with Crippen molar-refractivity contribution < 1.29 is 0 Å². The van der Waals surface area contributed by atoms with Crippen molar-refractivity contribution in [1.29, 1.82) is 0 Å². The molecule has 0 spiro atoms. The molecule has 0 aliphatic rings. The third kappa shape index (κ3) is 2.63. The number of fused-ring (bicyclic) bond motifs is 1. The topological polar surface area (TPSA) is 51.8 Å². The number of rotatable bonds is 3. The fraction of sp³-hybridized carbons (Fsp3) is 0.0667. The zero-order valence-electron chi connectivity index (χ0n) is 10.6. The number of hydrogen-bond acceptors (Lipinski definition) is 4. The maximum Gasteiger partial charge on any atom is 0.117 e. The molecular weight excluding hydrogens is 290 g/mol. The third-order valence-corrected chi connectivity index (χ3v) is 4.46. The molecular formula is C15H12ClN3S. The summed E-state index contributed by atoms with van der Waals surface area (Å²) in [6, 6.07) is 13.8. The van der Waals surface area contributed by atoms with E-state index in [0.29, 0.717) is 11.6 Å². The molecule has 3 aromatic rings. The van der Waals surface area contributed by atoms with Crippen molar-refractivity contribution >= 4 is 34.3 Å². The Kier molecular flexibility index (Phi) is 3.87. The quantitative estimate of drug-likeness (QED) is 0.746. The van der Waals surface area contributed by atoms with Gasteiger partial charge in [0.1, 0.15) is 11.4 Å². The van der Waals surface area contributed by atoms with Crippen LogP contribution in [0.3, 0.4) is 0 Å². The first-order valence-electron chi connectivity index (χ1n) is 6.14. The van der Waals surface area contributed by atoms with Crippen molar-refractivity contribution in [1.82, 2.24) is 9.97 Å². The first-order chi connectivity index (χ1) is 9.78. The highest BCUT2D eigenvalue weighted by molar-refractivity contribution is 7.99. The Morgan fingerprint density at radius 1 is 1.10 bits per heavy atom. The minimum absolute atomic E-state index is 0.487. The van der Waals surface area contributed by atoms with Crippen LogP contribution in [-0.4, -0.2) is 9.97 Å². The van der Waals surface area contributed by atoms with Gasteiger partial charge in [0.2, 0.25) is 0 Å². The summed E-state index contributed by atoms with van der Waals surface area (Å²) in [6.45, 7) is 0.487. The summed E-state index contributed by atoms with van der Waals surface area (Å²) in [5, 5.41) is 2.62. The lowest BCUT2D eigenvalue weighted by molar-refractivity contribution is 1.06. The van der Waals surface area contributed by atoms with Gasteiger partial charge in [0, 0.05) is 16.8 Å². The van der Waals surface area contributed by atoms with Crippen LogP contribution in [0.2, 0.25) is 5.02 Å². The SMILES string of the molecule is NCc1ccc(Sc2ncnc3ccccc23)c(Cl)c1. The molecule has 0 aliphatic heterocycles. The summed E-state index contributed by atoms with van der Waals surface area (Å²) >= 11 is 7.83. The van der Waals surface area contributed by atoms with E-state index in [0.717, 1.165) is 26.4 Å². The van der Waals surface area contributed by atoms with E-state index in [4.69, 9.17) is 17.3 Å². The summed E-state index contributed by atoms with van der Waals surface area (Å²) in [4.78, 5) is 9.58. The molecule has 2 aromatic carbocycles. The second-order valence-electron chi connectivity index (χ2n) is 4.27. The van der Waals surface area contributed by atoms with E-state index < -0.39 is 0 Å². The fourth-order valence-electron chi connectivity index (χ4n) is 1.92. The van der Waals surface area contributed by atoms with Crippen molar-refractivity contribution in [3.8, 4) is 0 Å². The molecule has 1 heterocycles. The summed E-state index contributed by atoms with van der Waals surface area (Å²) in [6.07, 6.45) is 1.58. The molecule has 3 rings (SSSR count). The van der Waals surface area contributed by atoms with Crippen molar-refractivity contribution in [2.75, 3.05) is 0 Å². The van der Waals surface area contributed by atoms with Crippen LogP contribution < -0.4 is 5.73 Å². The summed E-state index contributed by atoms with van der Waals surface area (Å²) in [7, 11) is 0. The number of hydrogen-bond donors (Lipinski definition) is 1. The molecule has 3 nitrogen and oxygen atoms in total. The molecule has 0 bridgehead atoms. The van der Waals surface area contributed by atoms with Crippen molar-refractivity contribution in [2.45, 2.75) is 16.5 Å². The molecule has 0 saturated heterocycles. The maximum absolute atomic E-state index is 6.29. The molecule has 0 fully saturated rings. The molecule has 0 aliphatic carbocycles. The molecule has 0 atom stereocenters. The first-order valence-corrected chi connectivity index (χ1v) is 7.33. The van der Waals surface area contributed by atoms with Gasteiger partial charge in [-0.2, -0.15) is 0 Å². The smallest absolute Gasteiger partial charge is 0.117 e. The van der Waals surface area contributed by atoms with Gasteiger partial charge >= 0.3 is 0 Å². The largest absolute Gasteiger partial charge is 0.326 e. The summed E-state index contributed by atoms with van der Waals surface area (Å²) in [5.41, 5.74) is 7.56. The molecule has 0 unspecified atom stereocenters. The van der Waals surface area contributed by atoms with Crippen LogP contribution in [0.15, 0.2) is 58.7 Å². The number of nitrogens with zero attached hydrogens (tertiary/aromatic N) is 2. The molecule has 0 amide bonds. The minimum atomic E-state index is 0.487. The average molecular weight is 302 g/mol. The van der Waals surface area contributed by atoms with Gasteiger partial charge < -0.3 is 5.73 Å². The summed E-state index contributed by atoms with van der Waals surface area (Å²) in [5.74, 6) is 0. The Bertz CT molecular complexity index is 756. The average Bonchev–Trinajstić information content (AvgIpc) is 2.49. The lowest BCUT2D eigenvalue weighted by atomic mass is 10.2. The van der Waals surface area contributed by atoms with E-state index >= 15 is 0 Å². The fourth-order valence-corrected chi connectivity index (χ4v) is 3.12. The zero-order chi connectivity index (χ0) is 13.9. The predicted molar refractivity (Wildman–Crippen MR) is 83.0 cm³/mol. The Labute approximate surface area is 126 Å². The molecule has 2 N–H and O–H groups in total. The third-order valence-electron chi connectivity index (χ3n) is 2.94. The number of benzene rings is 2. The van der Waals surface area contributed by atoms with Gasteiger partial charge in [-0.05, 0) is 23.8 Å². The van der Waals surface area contributed by atoms with Crippen molar-refractivity contribution in [3.63, 3.8) is 0 Å². The van der Waals surface area contributed by atoms with Crippen LogP contribution in [-0.2, 0) is 6.54 Å². The van der Waals surface area contributed by atoms with E-state index in [2.05, 4.69) is 9.97 Å². The van der Waals surface area contributed by atoms with Gasteiger partial charge in [-0.15, -0.1) is 0 Å². The van der Waals surface area contributed by atoms with E-state index in [9.17, 15) is 0 Å². The molecule has 0 radical (unpaired) electrons.